The second kappa shape index (κ2) is 12.9. The molecule has 10 aromatic rings. The first kappa shape index (κ1) is 30.6. The smallest absolute Gasteiger partial charge is 0.227 e. The van der Waals surface area contributed by atoms with Gasteiger partial charge in [0.1, 0.15) is 16.7 Å². The Morgan fingerprint density at radius 1 is 0.321 bits per heavy atom. The molecular formula is C49H32N2O2. The minimum absolute atomic E-state index is 0.607. The van der Waals surface area contributed by atoms with E-state index in [2.05, 4.69) is 157 Å². The number of hydrogen-bond acceptors (Lipinski definition) is 4. The number of benzene rings is 8. The molecule has 2 heterocycles. The summed E-state index contributed by atoms with van der Waals surface area (Å²) in [5.74, 6) is 0.607. The third-order valence-corrected chi connectivity index (χ3v) is 9.93. The fraction of sp³-hybridized carbons (Fsp3) is 0. The zero-order valence-corrected chi connectivity index (χ0v) is 28.7. The van der Waals surface area contributed by atoms with E-state index in [0.29, 0.717) is 5.89 Å². The summed E-state index contributed by atoms with van der Waals surface area (Å²) in [5, 5.41) is 2.06. The first-order valence-corrected chi connectivity index (χ1v) is 17.8. The molecule has 2 aromatic heterocycles. The van der Waals surface area contributed by atoms with Gasteiger partial charge in [-0.05, 0) is 100 Å². The lowest BCUT2D eigenvalue weighted by molar-refractivity contribution is 0.620. The molecule has 0 aliphatic rings. The van der Waals surface area contributed by atoms with E-state index in [-0.39, 0.29) is 0 Å². The monoisotopic (exact) mass is 680 g/mol. The van der Waals surface area contributed by atoms with E-state index < -0.39 is 0 Å². The Labute approximate surface area is 306 Å². The van der Waals surface area contributed by atoms with Crippen LogP contribution in [0.25, 0.3) is 77.9 Å². The maximum absolute atomic E-state index is 6.41. The normalized spacial score (nSPS) is 11.4. The zero-order chi connectivity index (χ0) is 35.1. The fourth-order valence-electron chi connectivity index (χ4n) is 7.20. The lowest BCUT2D eigenvalue weighted by Gasteiger charge is -2.26. The Bertz CT molecular complexity index is 2760. The predicted molar refractivity (Wildman–Crippen MR) is 218 cm³/mol. The van der Waals surface area contributed by atoms with Gasteiger partial charge >= 0.3 is 0 Å². The molecule has 250 valence electrons. The Hall–Kier alpha value is -7.17. The van der Waals surface area contributed by atoms with Crippen LogP contribution in [0.2, 0.25) is 0 Å². The van der Waals surface area contributed by atoms with E-state index in [1.807, 2.05) is 42.5 Å². The van der Waals surface area contributed by atoms with E-state index in [0.717, 1.165) is 66.8 Å². The van der Waals surface area contributed by atoms with Crippen molar-refractivity contribution in [2.45, 2.75) is 0 Å². The number of hydrogen-bond donors (Lipinski definition) is 0. The van der Waals surface area contributed by atoms with Crippen molar-refractivity contribution >= 4 is 50.1 Å². The number of furan rings is 1. The van der Waals surface area contributed by atoms with Crippen molar-refractivity contribution in [2.24, 2.45) is 0 Å². The molecule has 0 fully saturated rings. The Morgan fingerprint density at radius 3 is 1.28 bits per heavy atom. The number of rotatable bonds is 7. The summed E-state index contributed by atoms with van der Waals surface area (Å²) in [5.41, 5.74) is 14.3. The summed E-state index contributed by atoms with van der Waals surface area (Å²) in [6.45, 7) is 0. The Kier molecular flexibility index (Phi) is 7.43. The highest BCUT2D eigenvalue weighted by molar-refractivity contribution is 6.09. The lowest BCUT2D eigenvalue weighted by atomic mass is 10.0. The summed E-state index contributed by atoms with van der Waals surface area (Å²) in [7, 11) is 0. The quantitative estimate of drug-likeness (QED) is 0.168. The minimum Gasteiger partial charge on any atom is -0.456 e. The summed E-state index contributed by atoms with van der Waals surface area (Å²) in [6, 6.07) is 67.7. The molecule has 0 N–H and O–H groups in total. The number of anilines is 3. The molecule has 0 unspecified atom stereocenters. The standard InChI is InChI=1S/C49H32N2O2/c1-4-10-33(11-5-1)35-16-23-40(24-17-35)51(41-25-18-36(19-26-41)34-12-6-2-7-13-34)42-27-20-37(21-28-42)39-22-29-43-44-31-48-45(32-47(44)52-46(43)30-39)50-49(53-48)38-14-8-3-9-15-38/h1-32H. The van der Waals surface area contributed by atoms with Crippen LogP contribution in [0, 0.1) is 0 Å². The van der Waals surface area contributed by atoms with Crippen LogP contribution < -0.4 is 4.90 Å². The van der Waals surface area contributed by atoms with Crippen LogP contribution in [-0.2, 0) is 0 Å². The third-order valence-electron chi connectivity index (χ3n) is 9.93. The average molecular weight is 681 g/mol. The van der Waals surface area contributed by atoms with Crippen LogP contribution in [0.4, 0.5) is 17.1 Å². The van der Waals surface area contributed by atoms with Crippen molar-refractivity contribution in [3.63, 3.8) is 0 Å². The van der Waals surface area contributed by atoms with Crippen LogP contribution in [0.15, 0.2) is 203 Å². The van der Waals surface area contributed by atoms with Gasteiger partial charge in [-0.15, -0.1) is 0 Å². The molecule has 0 saturated carbocycles. The molecule has 8 aromatic carbocycles. The Balaban J connectivity index is 0.986. The summed E-state index contributed by atoms with van der Waals surface area (Å²) in [6.07, 6.45) is 0. The van der Waals surface area contributed by atoms with Crippen LogP contribution in [-0.4, -0.2) is 4.98 Å². The van der Waals surface area contributed by atoms with E-state index in [4.69, 9.17) is 13.8 Å². The molecule has 0 saturated heterocycles. The van der Waals surface area contributed by atoms with Crippen LogP contribution in [0.5, 0.6) is 0 Å². The molecule has 4 heteroatoms. The van der Waals surface area contributed by atoms with Gasteiger partial charge in [0.2, 0.25) is 5.89 Å². The first-order valence-electron chi connectivity index (χ1n) is 17.8. The topological polar surface area (TPSA) is 42.4 Å². The fourth-order valence-corrected chi connectivity index (χ4v) is 7.20. The average Bonchev–Trinajstić information content (AvgIpc) is 3.82. The van der Waals surface area contributed by atoms with Gasteiger partial charge in [-0.25, -0.2) is 4.98 Å². The van der Waals surface area contributed by atoms with E-state index in [1.54, 1.807) is 0 Å². The van der Waals surface area contributed by atoms with Gasteiger partial charge in [0, 0.05) is 39.5 Å². The van der Waals surface area contributed by atoms with Gasteiger partial charge in [-0.2, -0.15) is 0 Å². The van der Waals surface area contributed by atoms with E-state index in [9.17, 15) is 0 Å². The van der Waals surface area contributed by atoms with Crippen molar-refractivity contribution in [1.82, 2.24) is 4.98 Å². The maximum Gasteiger partial charge on any atom is 0.227 e. The minimum atomic E-state index is 0.607. The molecule has 0 radical (unpaired) electrons. The highest BCUT2D eigenvalue weighted by atomic mass is 16.4. The molecule has 0 aliphatic carbocycles. The molecule has 0 aliphatic heterocycles. The summed E-state index contributed by atoms with van der Waals surface area (Å²) >= 11 is 0. The SMILES string of the molecule is c1ccc(-c2ccc(N(c3ccc(-c4ccccc4)cc3)c3ccc(-c4ccc5c(c4)oc4cc6nc(-c7ccccc7)oc6cc45)cc3)cc2)cc1. The van der Waals surface area contributed by atoms with Crippen molar-refractivity contribution in [3.8, 4) is 44.8 Å². The van der Waals surface area contributed by atoms with Gasteiger partial charge in [-0.1, -0.05) is 121 Å². The second-order valence-electron chi connectivity index (χ2n) is 13.2. The van der Waals surface area contributed by atoms with E-state index >= 15 is 0 Å². The highest BCUT2D eigenvalue weighted by Crippen LogP contribution is 2.39. The Morgan fingerprint density at radius 2 is 0.755 bits per heavy atom. The number of aromatic nitrogens is 1. The van der Waals surface area contributed by atoms with Crippen molar-refractivity contribution in [2.75, 3.05) is 4.90 Å². The van der Waals surface area contributed by atoms with Gasteiger partial charge in [0.05, 0.1) is 0 Å². The van der Waals surface area contributed by atoms with Crippen molar-refractivity contribution in [1.29, 1.82) is 0 Å². The summed E-state index contributed by atoms with van der Waals surface area (Å²) < 4.78 is 12.6. The molecular weight excluding hydrogens is 649 g/mol. The molecule has 0 atom stereocenters. The highest BCUT2D eigenvalue weighted by Gasteiger charge is 2.16. The van der Waals surface area contributed by atoms with Gasteiger partial charge in [-0.3, -0.25) is 0 Å². The van der Waals surface area contributed by atoms with Crippen LogP contribution in [0.1, 0.15) is 0 Å². The molecule has 0 bridgehead atoms. The first-order chi connectivity index (χ1) is 26.2. The van der Waals surface area contributed by atoms with E-state index in [1.165, 1.54) is 22.3 Å². The number of nitrogens with zero attached hydrogens (tertiary/aromatic N) is 2. The van der Waals surface area contributed by atoms with Gasteiger partial charge < -0.3 is 13.7 Å². The molecule has 53 heavy (non-hydrogen) atoms. The predicted octanol–water partition coefficient (Wildman–Crippen LogP) is 13.9. The van der Waals surface area contributed by atoms with Crippen molar-refractivity contribution < 1.29 is 8.83 Å². The largest absolute Gasteiger partial charge is 0.456 e. The van der Waals surface area contributed by atoms with Crippen LogP contribution in [0.3, 0.4) is 0 Å². The number of oxazole rings is 1. The van der Waals surface area contributed by atoms with Gasteiger partial charge in [0.15, 0.2) is 5.58 Å². The molecule has 0 amide bonds. The lowest BCUT2D eigenvalue weighted by Crippen LogP contribution is -2.09. The second-order valence-corrected chi connectivity index (χ2v) is 13.2. The third kappa shape index (κ3) is 5.73. The van der Waals surface area contributed by atoms with Crippen molar-refractivity contribution in [3.05, 3.63) is 194 Å². The molecule has 0 spiro atoms. The number of fused-ring (bicyclic) bond motifs is 4. The summed E-state index contributed by atoms with van der Waals surface area (Å²) in [4.78, 5) is 7.05. The molecule has 10 rings (SSSR count). The molecule has 4 nitrogen and oxygen atoms in total. The van der Waals surface area contributed by atoms with Crippen LogP contribution >= 0.6 is 0 Å². The zero-order valence-electron chi connectivity index (χ0n) is 28.7. The van der Waals surface area contributed by atoms with Gasteiger partial charge in [0.25, 0.3) is 0 Å². The maximum atomic E-state index is 6.41.